The highest BCUT2D eigenvalue weighted by Crippen LogP contribution is 2.13. The first-order valence-electron chi connectivity index (χ1n) is 8.77. The van der Waals surface area contributed by atoms with Crippen molar-refractivity contribution in [2.24, 2.45) is 0 Å². The van der Waals surface area contributed by atoms with Gasteiger partial charge < -0.3 is 29.7 Å². The number of benzene rings is 1. The van der Waals surface area contributed by atoms with Crippen molar-refractivity contribution < 1.29 is 28.6 Å². The monoisotopic (exact) mass is 385 g/mol. The third-order valence-corrected chi connectivity index (χ3v) is 3.60. The van der Waals surface area contributed by atoms with E-state index in [1.165, 1.54) is 12.3 Å². The third-order valence-electron chi connectivity index (χ3n) is 3.60. The van der Waals surface area contributed by atoms with Gasteiger partial charge >= 0.3 is 0 Å². The SMILES string of the molecule is CCCCOc1ccc(C(=O)N/C(=C/c2ccco2)C(=O)NCC(=O)[O-])cc1. The molecule has 0 unspecified atom stereocenters. The predicted molar refractivity (Wildman–Crippen MR) is 99.0 cm³/mol. The van der Waals surface area contributed by atoms with Gasteiger partial charge in [0.2, 0.25) is 0 Å². The molecule has 0 radical (unpaired) electrons. The number of carbonyl (C=O) groups excluding carboxylic acids is 3. The molecule has 0 saturated heterocycles. The molecule has 0 aliphatic heterocycles. The van der Waals surface area contributed by atoms with Crippen LogP contribution in [0.25, 0.3) is 6.08 Å². The highest BCUT2D eigenvalue weighted by Gasteiger charge is 2.15. The van der Waals surface area contributed by atoms with Gasteiger partial charge in [-0.25, -0.2) is 0 Å². The molecule has 2 aromatic rings. The fraction of sp³-hybridized carbons (Fsp3) is 0.250. The number of furan rings is 1. The van der Waals surface area contributed by atoms with Crippen LogP contribution in [-0.4, -0.2) is 30.9 Å². The van der Waals surface area contributed by atoms with E-state index in [-0.39, 0.29) is 5.70 Å². The van der Waals surface area contributed by atoms with Gasteiger partial charge in [0, 0.05) is 11.6 Å². The molecule has 0 saturated carbocycles. The number of ether oxygens (including phenoxy) is 1. The molecule has 28 heavy (non-hydrogen) atoms. The van der Waals surface area contributed by atoms with Gasteiger partial charge in [-0.1, -0.05) is 13.3 Å². The number of unbranched alkanes of at least 4 members (excludes halogenated alkanes) is 1. The third kappa shape index (κ3) is 6.64. The van der Waals surface area contributed by atoms with Gasteiger partial charge in [-0.3, -0.25) is 9.59 Å². The maximum atomic E-state index is 12.5. The van der Waals surface area contributed by atoms with E-state index in [9.17, 15) is 19.5 Å². The summed E-state index contributed by atoms with van der Waals surface area (Å²) in [5.74, 6) is -1.81. The maximum Gasteiger partial charge on any atom is 0.268 e. The Morgan fingerprint density at radius 3 is 2.54 bits per heavy atom. The van der Waals surface area contributed by atoms with Gasteiger partial charge in [-0.05, 0) is 42.8 Å². The zero-order valence-corrected chi connectivity index (χ0v) is 15.4. The van der Waals surface area contributed by atoms with Crippen molar-refractivity contribution >= 4 is 23.9 Å². The van der Waals surface area contributed by atoms with E-state index < -0.39 is 24.3 Å². The summed E-state index contributed by atoms with van der Waals surface area (Å²) in [6.07, 6.45) is 4.65. The van der Waals surface area contributed by atoms with Crippen LogP contribution < -0.4 is 20.5 Å². The molecule has 0 aliphatic carbocycles. The van der Waals surface area contributed by atoms with Crippen LogP contribution >= 0.6 is 0 Å². The summed E-state index contributed by atoms with van der Waals surface area (Å²) < 4.78 is 10.7. The molecule has 2 rings (SSSR count). The largest absolute Gasteiger partial charge is 0.548 e. The molecule has 0 atom stereocenters. The molecule has 0 bridgehead atoms. The number of amides is 2. The molecule has 8 heteroatoms. The van der Waals surface area contributed by atoms with E-state index >= 15 is 0 Å². The maximum absolute atomic E-state index is 12.5. The second-order valence-corrected chi connectivity index (χ2v) is 5.81. The second-order valence-electron chi connectivity index (χ2n) is 5.81. The Morgan fingerprint density at radius 1 is 1.18 bits per heavy atom. The normalized spacial score (nSPS) is 11.0. The number of carboxylic acid groups (broad SMARTS) is 1. The number of nitrogens with one attached hydrogen (secondary N) is 2. The van der Waals surface area contributed by atoms with Crippen LogP contribution in [0.4, 0.5) is 0 Å². The van der Waals surface area contributed by atoms with Crippen LogP contribution in [0.5, 0.6) is 5.75 Å². The van der Waals surface area contributed by atoms with Gasteiger partial charge in [0.15, 0.2) is 0 Å². The Labute approximate surface area is 162 Å². The lowest BCUT2D eigenvalue weighted by molar-refractivity contribution is -0.303. The quantitative estimate of drug-likeness (QED) is 0.467. The molecule has 2 amide bonds. The first-order chi connectivity index (χ1) is 13.5. The standard InChI is InChI=1S/C20H22N2O6/c1-2-3-10-27-15-8-6-14(7-9-15)19(25)22-17(12-16-5-4-11-28-16)20(26)21-13-18(23)24/h4-9,11-12H,2-3,10,13H2,1H3,(H,21,26)(H,22,25)(H,23,24)/p-1/b17-12+. The van der Waals surface area contributed by atoms with Gasteiger partial charge in [-0.2, -0.15) is 0 Å². The predicted octanol–water partition coefficient (Wildman–Crippen LogP) is 1.10. The number of rotatable bonds is 10. The highest BCUT2D eigenvalue weighted by molar-refractivity contribution is 6.05. The Bertz CT molecular complexity index is 825. The molecule has 2 N–H and O–H groups in total. The van der Waals surface area contributed by atoms with E-state index in [2.05, 4.69) is 17.6 Å². The number of aliphatic carboxylic acids is 1. The van der Waals surface area contributed by atoms with Crippen molar-refractivity contribution in [1.82, 2.24) is 10.6 Å². The Kier molecular flexibility index (Phi) is 7.83. The topological polar surface area (TPSA) is 121 Å². The number of carboxylic acids is 1. The molecule has 8 nitrogen and oxygen atoms in total. The van der Waals surface area contributed by atoms with Gasteiger partial charge in [0.25, 0.3) is 11.8 Å². The van der Waals surface area contributed by atoms with Crippen LogP contribution in [0.2, 0.25) is 0 Å². The van der Waals surface area contributed by atoms with Crippen LogP contribution in [0.3, 0.4) is 0 Å². The molecule has 1 aromatic heterocycles. The fourth-order valence-corrected chi connectivity index (χ4v) is 2.15. The van der Waals surface area contributed by atoms with Crippen molar-refractivity contribution in [2.45, 2.75) is 19.8 Å². The van der Waals surface area contributed by atoms with Crippen molar-refractivity contribution in [3.63, 3.8) is 0 Å². The van der Waals surface area contributed by atoms with Crippen LogP contribution in [0.15, 0.2) is 52.8 Å². The average molecular weight is 385 g/mol. The van der Waals surface area contributed by atoms with E-state index in [1.54, 1.807) is 36.4 Å². The first-order valence-corrected chi connectivity index (χ1v) is 8.77. The summed E-state index contributed by atoms with van der Waals surface area (Å²) in [6.45, 7) is 1.97. The summed E-state index contributed by atoms with van der Waals surface area (Å²) in [5, 5.41) is 15.2. The number of hydrogen-bond donors (Lipinski definition) is 2. The minimum Gasteiger partial charge on any atom is -0.548 e. The second kappa shape index (κ2) is 10.6. The smallest absolute Gasteiger partial charge is 0.268 e. The Hall–Kier alpha value is -3.55. The van der Waals surface area contributed by atoms with E-state index in [4.69, 9.17) is 9.15 Å². The molecule has 0 fully saturated rings. The van der Waals surface area contributed by atoms with E-state index in [1.807, 2.05) is 0 Å². The van der Waals surface area contributed by atoms with Crippen molar-refractivity contribution in [3.8, 4) is 5.75 Å². The van der Waals surface area contributed by atoms with Crippen LogP contribution in [0.1, 0.15) is 35.9 Å². The zero-order valence-electron chi connectivity index (χ0n) is 15.4. The summed E-state index contributed by atoms with van der Waals surface area (Å²) in [7, 11) is 0. The summed E-state index contributed by atoms with van der Waals surface area (Å²) in [4.78, 5) is 35.2. The molecule has 1 aromatic carbocycles. The molecule has 148 valence electrons. The lowest BCUT2D eigenvalue weighted by Crippen LogP contribution is -2.41. The van der Waals surface area contributed by atoms with Gasteiger partial charge in [0.1, 0.15) is 17.2 Å². The Morgan fingerprint density at radius 2 is 1.93 bits per heavy atom. The van der Waals surface area contributed by atoms with Gasteiger partial charge in [0.05, 0.1) is 25.4 Å². The van der Waals surface area contributed by atoms with E-state index in [0.717, 1.165) is 12.8 Å². The summed E-state index contributed by atoms with van der Waals surface area (Å²) in [6, 6.07) is 9.66. The van der Waals surface area contributed by atoms with Crippen molar-refractivity contribution in [2.75, 3.05) is 13.2 Å². The lowest BCUT2D eigenvalue weighted by atomic mass is 10.2. The summed E-state index contributed by atoms with van der Waals surface area (Å²) >= 11 is 0. The molecule has 0 spiro atoms. The lowest BCUT2D eigenvalue weighted by Gasteiger charge is -2.11. The molecular weight excluding hydrogens is 364 g/mol. The molecular formula is C20H21N2O6-. The molecule has 1 heterocycles. The van der Waals surface area contributed by atoms with Crippen molar-refractivity contribution in [3.05, 3.63) is 59.7 Å². The fourth-order valence-electron chi connectivity index (χ4n) is 2.15. The number of carbonyl (C=O) groups is 3. The zero-order chi connectivity index (χ0) is 20.4. The Balaban J connectivity index is 2.09. The minimum atomic E-state index is -1.45. The molecule has 0 aliphatic rings. The van der Waals surface area contributed by atoms with Crippen LogP contribution in [0, 0.1) is 0 Å². The highest BCUT2D eigenvalue weighted by atomic mass is 16.5. The van der Waals surface area contributed by atoms with Crippen molar-refractivity contribution in [1.29, 1.82) is 0 Å². The number of hydrogen-bond acceptors (Lipinski definition) is 6. The minimum absolute atomic E-state index is 0.163. The average Bonchev–Trinajstić information content (AvgIpc) is 3.19. The van der Waals surface area contributed by atoms with Crippen LogP contribution in [-0.2, 0) is 9.59 Å². The van der Waals surface area contributed by atoms with E-state index in [0.29, 0.717) is 23.7 Å². The summed E-state index contributed by atoms with van der Waals surface area (Å²) in [5.41, 5.74) is 0.144. The first kappa shape index (κ1) is 20.8. The van der Waals surface area contributed by atoms with Gasteiger partial charge in [-0.15, -0.1) is 0 Å².